The van der Waals surface area contributed by atoms with Crippen molar-refractivity contribution in [3.8, 4) is 17.1 Å². The third-order valence-electron chi connectivity index (χ3n) is 3.97. The highest BCUT2D eigenvalue weighted by Crippen LogP contribution is 2.23. The van der Waals surface area contributed by atoms with E-state index in [0.29, 0.717) is 6.54 Å². The maximum atomic E-state index is 11.9. The predicted molar refractivity (Wildman–Crippen MR) is 89.9 cm³/mol. The van der Waals surface area contributed by atoms with Gasteiger partial charge in [-0.25, -0.2) is 14.5 Å². The summed E-state index contributed by atoms with van der Waals surface area (Å²) in [6.45, 7) is 4.53. The minimum absolute atomic E-state index is 0.276. The average molecular weight is 309 g/mol. The van der Waals surface area contributed by atoms with Gasteiger partial charge in [-0.1, -0.05) is 42.0 Å². The molecule has 0 unspecified atom stereocenters. The van der Waals surface area contributed by atoms with Crippen LogP contribution in [0.5, 0.6) is 6.01 Å². The zero-order chi connectivity index (χ0) is 16.4. The highest BCUT2D eigenvalue weighted by atomic mass is 16.5. The van der Waals surface area contributed by atoms with Crippen LogP contribution in [-0.2, 0) is 6.54 Å². The van der Waals surface area contributed by atoms with Crippen molar-refractivity contribution in [1.82, 2.24) is 14.8 Å². The summed E-state index contributed by atoms with van der Waals surface area (Å²) in [5, 5.41) is 6.27. The Morgan fingerprint density at radius 3 is 2.48 bits per heavy atom. The lowest BCUT2D eigenvalue weighted by Gasteiger charge is -2.11. The van der Waals surface area contributed by atoms with Crippen LogP contribution in [0.3, 0.4) is 0 Å². The number of rotatable bonds is 4. The summed E-state index contributed by atoms with van der Waals surface area (Å²) in [6.07, 6.45) is 0. The molecule has 118 valence electrons. The molecule has 0 aliphatic carbocycles. The Hall–Kier alpha value is -2.82. The van der Waals surface area contributed by atoms with E-state index in [-0.39, 0.29) is 11.7 Å². The largest absolute Gasteiger partial charge is 0.467 e. The smallest absolute Gasteiger partial charge is 0.346 e. The molecular weight excluding hydrogens is 290 g/mol. The number of aromatic nitrogens is 3. The van der Waals surface area contributed by atoms with Crippen LogP contribution < -0.4 is 10.4 Å². The fourth-order valence-corrected chi connectivity index (χ4v) is 2.54. The Morgan fingerprint density at radius 2 is 1.78 bits per heavy atom. The number of nitrogens with zero attached hydrogens (tertiary/aromatic N) is 2. The van der Waals surface area contributed by atoms with Crippen molar-refractivity contribution in [2.75, 3.05) is 7.11 Å². The Balaban J connectivity index is 1.99. The van der Waals surface area contributed by atoms with Gasteiger partial charge in [0.25, 0.3) is 0 Å². The van der Waals surface area contributed by atoms with Gasteiger partial charge in [0, 0.05) is 0 Å². The van der Waals surface area contributed by atoms with E-state index in [9.17, 15) is 4.79 Å². The third-order valence-corrected chi connectivity index (χ3v) is 3.97. The summed E-state index contributed by atoms with van der Waals surface area (Å²) >= 11 is 0. The van der Waals surface area contributed by atoms with E-state index in [1.165, 1.54) is 17.2 Å². The number of methoxy groups -OCH3 is 1. The van der Waals surface area contributed by atoms with Crippen molar-refractivity contribution in [1.29, 1.82) is 0 Å². The number of benzene rings is 2. The van der Waals surface area contributed by atoms with Crippen molar-refractivity contribution in [2.45, 2.75) is 20.4 Å². The topological polar surface area (TPSA) is 59.9 Å². The molecule has 0 aliphatic rings. The first-order valence-electron chi connectivity index (χ1n) is 7.44. The molecule has 0 saturated carbocycles. The van der Waals surface area contributed by atoms with E-state index in [1.54, 1.807) is 0 Å². The number of aryl methyl sites for hydroxylation is 2. The summed E-state index contributed by atoms with van der Waals surface area (Å²) in [4.78, 5) is 11.9. The Labute approximate surface area is 134 Å². The van der Waals surface area contributed by atoms with Gasteiger partial charge in [-0.15, -0.1) is 5.10 Å². The molecular formula is C18H19N3O2. The number of aromatic amines is 1. The third kappa shape index (κ3) is 3.04. The van der Waals surface area contributed by atoms with Crippen LogP contribution in [-0.4, -0.2) is 21.9 Å². The van der Waals surface area contributed by atoms with Gasteiger partial charge in [0.2, 0.25) is 0 Å². The molecule has 0 radical (unpaired) electrons. The van der Waals surface area contributed by atoms with Crippen LogP contribution in [0, 0.1) is 13.8 Å². The van der Waals surface area contributed by atoms with Crippen molar-refractivity contribution < 1.29 is 4.74 Å². The maximum Gasteiger partial charge on any atom is 0.346 e. The van der Waals surface area contributed by atoms with E-state index < -0.39 is 0 Å². The van der Waals surface area contributed by atoms with Gasteiger partial charge in [-0.05, 0) is 42.2 Å². The van der Waals surface area contributed by atoms with Crippen molar-refractivity contribution in [2.24, 2.45) is 0 Å². The molecule has 2 aromatic carbocycles. The first kappa shape index (κ1) is 15.1. The second-order valence-corrected chi connectivity index (χ2v) is 5.61. The van der Waals surface area contributed by atoms with Gasteiger partial charge < -0.3 is 4.74 Å². The summed E-state index contributed by atoms with van der Waals surface area (Å²) in [5.74, 6) is 0. The molecule has 1 heterocycles. The monoisotopic (exact) mass is 309 g/mol. The van der Waals surface area contributed by atoms with E-state index >= 15 is 0 Å². The van der Waals surface area contributed by atoms with E-state index in [4.69, 9.17) is 4.74 Å². The first-order chi connectivity index (χ1) is 11.1. The van der Waals surface area contributed by atoms with Gasteiger partial charge in [-0.3, -0.25) is 0 Å². The lowest BCUT2D eigenvalue weighted by atomic mass is 9.99. The van der Waals surface area contributed by atoms with Crippen LogP contribution in [0.4, 0.5) is 0 Å². The molecule has 0 aliphatic heterocycles. The van der Waals surface area contributed by atoms with Gasteiger partial charge in [0.15, 0.2) is 0 Å². The fourth-order valence-electron chi connectivity index (χ4n) is 2.54. The molecule has 3 aromatic rings. The number of ether oxygens (including phenoxy) is 1. The predicted octanol–water partition coefficient (Wildman–Crippen LogP) is 2.91. The average Bonchev–Trinajstić information content (AvgIpc) is 2.90. The molecule has 3 rings (SSSR count). The lowest BCUT2D eigenvalue weighted by Crippen LogP contribution is -2.18. The molecule has 1 N–H and O–H groups in total. The van der Waals surface area contributed by atoms with E-state index in [1.807, 2.05) is 6.92 Å². The molecule has 5 heteroatoms. The summed E-state index contributed by atoms with van der Waals surface area (Å²) in [5.41, 5.74) is 5.42. The van der Waals surface area contributed by atoms with Crippen LogP contribution in [0.15, 0.2) is 47.3 Å². The normalized spacial score (nSPS) is 10.7. The molecule has 0 saturated heterocycles. The number of hydrogen-bond acceptors (Lipinski definition) is 3. The molecule has 5 nitrogen and oxygen atoms in total. The molecule has 0 atom stereocenters. The standard InChI is InChI=1S/C18H19N3O2/c1-12-4-7-14(8-5-12)15-9-6-13(2)16(10-15)11-21-17(22)19-20-18(21)23-3/h4-10H,11H2,1-3H3,(H,19,22). The van der Waals surface area contributed by atoms with Gasteiger partial charge in [0.05, 0.1) is 13.7 Å². The Kier molecular flexibility index (Phi) is 4.02. The quantitative estimate of drug-likeness (QED) is 0.806. The van der Waals surface area contributed by atoms with E-state index in [2.05, 4.69) is 59.6 Å². The molecule has 0 fully saturated rings. The van der Waals surface area contributed by atoms with Crippen molar-refractivity contribution in [3.63, 3.8) is 0 Å². The van der Waals surface area contributed by atoms with Gasteiger partial charge in [-0.2, -0.15) is 0 Å². The highest BCUT2D eigenvalue weighted by molar-refractivity contribution is 5.65. The first-order valence-corrected chi connectivity index (χ1v) is 7.44. The number of hydrogen-bond donors (Lipinski definition) is 1. The molecule has 0 bridgehead atoms. The Morgan fingerprint density at radius 1 is 1.09 bits per heavy atom. The summed E-state index contributed by atoms with van der Waals surface area (Å²) < 4.78 is 6.61. The maximum absolute atomic E-state index is 11.9. The molecule has 0 amide bonds. The zero-order valence-corrected chi connectivity index (χ0v) is 13.5. The van der Waals surface area contributed by atoms with Crippen LogP contribution in [0.1, 0.15) is 16.7 Å². The highest BCUT2D eigenvalue weighted by Gasteiger charge is 2.11. The zero-order valence-electron chi connectivity index (χ0n) is 13.5. The van der Waals surface area contributed by atoms with Crippen molar-refractivity contribution >= 4 is 0 Å². The van der Waals surface area contributed by atoms with Crippen LogP contribution in [0.2, 0.25) is 0 Å². The summed E-state index contributed by atoms with van der Waals surface area (Å²) in [6, 6.07) is 15.0. The SMILES string of the molecule is COc1n[nH]c(=O)n1Cc1cc(-c2ccc(C)cc2)ccc1C. The summed E-state index contributed by atoms with van der Waals surface area (Å²) in [7, 11) is 1.50. The van der Waals surface area contributed by atoms with Gasteiger partial charge >= 0.3 is 11.7 Å². The minimum atomic E-state index is -0.276. The second-order valence-electron chi connectivity index (χ2n) is 5.61. The minimum Gasteiger partial charge on any atom is -0.467 e. The Bertz CT molecular complexity index is 876. The van der Waals surface area contributed by atoms with E-state index in [0.717, 1.165) is 22.3 Å². The fraction of sp³-hybridized carbons (Fsp3) is 0.222. The number of H-pyrrole nitrogens is 1. The van der Waals surface area contributed by atoms with Crippen LogP contribution >= 0.6 is 0 Å². The van der Waals surface area contributed by atoms with Crippen molar-refractivity contribution in [3.05, 3.63) is 69.6 Å². The van der Waals surface area contributed by atoms with Gasteiger partial charge in [0.1, 0.15) is 0 Å². The second kappa shape index (κ2) is 6.12. The molecule has 0 spiro atoms. The lowest BCUT2D eigenvalue weighted by molar-refractivity contribution is 0.358. The molecule has 23 heavy (non-hydrogen) atoms. The van der Waals surface area contributed by atoms with Crippen LogP contribution in [0.25, 0.3) is 11.1 Å². The number of nitrogens with one attached hydrogen (secondary N) is 1. The molecule has 1 aromatic heterocycles.